The Labute approximate surface area is 156 Å². The summed E-state index contributed by atoms with van der Waals surface area (Å²) in [7, 11) is 0. The van der Waals surface area contributed by atoms with E-state index in [2.05, 4.69) is 32.4 Å². The number of aromatic amines is 1. The largest absolute Gasteiger partial charge is 0.350 e. The molecule has 1 aliphatic rings. The topological polar surface area (TPSA) is 83.6 Å². The molecule has 3 aromatic rings. The smallest absolute Gasteiger partial charge is 0.272 e. The minimum absolute atomic E-state index is 0.0961. The van der Waals surface area contributed by atoms with Crippen molar-refractivity contribution in [1.29, 1.82) is 0 Å². The highest BCUT2D eigenvalue weighted by molar-refractivity contribution is 7.13. The molecule has 1 atom stereocenters. The van der Waals surface area contributed by atoms with E-state index in [4.69, 9.17) is 0 Å². The molecule has 3 aromatic heterocycles. The van der Waals surface area contributed by atoms with Gasteiger partial charge < -0.3 is 5.32 Å². The first-order valence-electron chi connectivity index (χ1n) is 8.90. The number of rotatable bonds is 5. The quantitative estimate of drug-likeness (QED) is 0.726. The highest BCUT2D eigenvalue weighted by Crippen LogP contribution is 2.26. The average molecular weight is 367 g/mol. The van der Waals surface area contributed by atoms with Crippen LogP contribution in [-0.4, -0.2) is 32.6 Å². The first kappa shape index (κ1) is 16.9. The summed E-state index contributed by atoms with van der Waals surface area (Å²) in [6.45, 7) is 2.77. The standard InChI is InChI=1S/C19H21N5OS/c1-12-2-3-16-15(10-12)17(24-23-16)18(25)21-9-6-14-11-26-19(22-14)13-4-7-20-8-5-13/h4-5,7-8,11-12H,2-3,6,9-10H2,1H3,(H,21,25)(H,23,24)/t12-/m0/s1. The van der Waals surface area contributed by atoms with Crippen LogP contribution in [0.15, 0.2) is 29.9 Å². The number of nitrogens with zero attached hydrogens (tertiary/aromatic N) is 3. The molecule has 7 heteroatoms. The predicted octanol–water partition coefficient (Wildman–Crippen LogP) is 3.03. The van der Waals surface area contributed by atoms with Crippen molar-refractivity contribution >= 4 is 17.2 Å². The van der Waals surface area contributed by atoms with E-state index in [-0.39, 0.29) is 5.91 Å². The Morgan fingerprint density at radius 1 is 1.38 bits per heavy atom. The number of aryl methyl sites for hydroxylation is 1. The molecule has 0 saturated heterocycles. The molecule has 0 spiro atoms. The fraction of sp³-hybridized carbons (Fsp3) is 0.368. The maximum atomic E-state index is 12.5. The highest BCUT2D eigenvalue weighted by Gasteiger charge is 2.24. The van der Waals surface area contributed by atoms with Crippen molar-refractivity contribution in [3.05, 3.63) is 52.6 Å². The molecule has 0 aliphatic heterocycles. The zero-order valence-electron chi connectivity index (χ0n) is 14.7. The molecule has 0 aromatic carbocycles. The van der Waals surface area contributed by atoms with Gasteiger partial charge in [0.25, 0.3) is 5.91 Å². The van der Waals surface area contributed by atoms with E-state index < -0.39 is 0 Å². The van der Waals surface area contributed by atoms with Crippen LogP contribution in [-0.2, 0) is 19.3 Å². The van der Waals surface area contributed by atoms with Gasteiger partial charge in [0, 0.05) is 47.6 Å². The summed E-state index contributed by atoms with van der Waals surface area (Å²) in [5.74, 6) is 0.509. The van der Waals surface area contributed by atoms with Gasteiger partial charge in [-0.1, -0.05) is 6.92 Å². The third-order valence-electron chi connectivity index (χ3n) is 4.75. The number of hydrogen-bond donors (Lipinski definition) is 2. The molecule has 4 rings (SSSR count). The van der Waals surface area contributed by atoms with Gasteiger partial charge in [-0.05, 0) is 37.3 Å². The van der Waals surface area contributed by atoms with Crippen molar-refractivity contribution in [3.63, 3.8) is 0 Å². The van der Waals surface area contributed by atoms with Gasteiger partial charge in [-0.2, -0.15) is 5.10 Å². The Kier molecular flexibility index (Phi) is 4.79. The van der Waals surface area contributed by atoms with Crippen LogP contribution in [0, 0.1) is 5.92 Å². The number of nitrogens with one attached hydrogen (secondary N) is 2. The second-order valence-corrected chi connectivity index (χ2v) is 7.62. The molecular weight excluding hydrogens is 346 g/mol. The molecule has 2 N–H and O–H groups in total. The SMILES string of the molecule is C[C@H]1CCc2[nH]nc(C(=O)NCCc3csc(-c4ccncc4)n3)c2C1. The minimum Gasteiger partial charge on any atom is -0.350 e. The lowest BCUT2D eigenvalue weighted by atomic mass is 9.87. The third-order valence-corrected chi connectivity index (χ3v) is 5.69. The van der Waals surface area contributed by atoms with Crippen LogP contribution in [0.4, 0.5) is 0 Å². The summed E-state index contributed by atoms with van der Waals surface area (Å²) in [6, 6.07) is 3.90. The van der Waals surface area contributed by atoms with Gasteiger partial charge in [0.1, 0.15) is 5.01 Å². The van der Waals surface area contributed by atoms with Crippen LogP contribution >= 0.6 is 11.3 Å². The number of amides is 1. The molecule has 26 heavy (non-hydrogen) atoms. The number of carbonyl (C=O) groups is 1. The van der Waals surface area contributed by atoms with E-state index in [0.29, 0.717) is 24.6 Å². The number of carbonyl (C=O) groups excluding carboxylic acids is 1. The van der Waals surface area contributed by atoms with Crippen molar-refractivity contribution in [2.45, 2.75) is 32.6 Å². The van der Waals surface area contributed by atoms with Crippen LogP contribution < -0.4 is 5.32 Å². The molecule has 6 nitrogen and oxygen atoms in total. The highest BCUT2D eigenvalue weighted by atomic mass is 32.1. The Balaban J connectivity index is 1.35. The second kappa shape index (κ2) is 7.37. The van der Waals surface area contributed by atoms with Gasteiger partial charge in [-0.3, -0.25) is 14.9 Å². The van der Waals surface area contributed by atoms with Crippen LogP contribution in [0.5, 0.6) is 0 Å². The Morgan fingerprint density at radius 3 is 3.08 bits per heavy atom. The van der Waals surface area contributed by atoms with Gasteiger partial charge in [-0.25, -0.2) is 4.98 Å². The molecule has 134 valence electrons. The summed E-state index contributed by atoms with van der Waals surface area (Å²) in [5.41, 5.74) is 4.82. The van der Waals surface area contributed by atoms with Crippen molar-refractivity contribution in [2.75, 3.05) is 6.54 Å². The number of fused-ring (bicyclic) bond motifs is 1. The number of thiazole rings is 1. The number of aromatic nitrogens is 4. The van der Waals surface area contributed by atoms with Gasteiger partial charge >= 0.3 is 0 Å². The molecule has 3 heterocycles. The van der Waals surface area contributed by atoms with E-state index in [1.807, 2.05) is 17.5 Å². The third kappa shape index (κ3) is 3.53. The van der Waals surface area contributed by atoms with Crippen molar-refractivity contribution < 1.29 is 4.79 Å². The zero-order chi connectivity index (χ0) is 17.9. The maximum Gasteiger partial charge on any atom is 0.272 e. The molecule has 0 saturated carbocycles. The van der Waals surface area contributed by atoms with E-state index in [1.54, 1.807) is 23.7 Å². The van der Waals surface area contributed by atoms with E-state index in [1.165, 1.54) is 0 Å². The van der Waals surface area contributed by atoms with E-state index >= 15 is 0 Å². The van der Waals surface area contributed by atoms with Crippen molar-refractivity contribution in [2.24, 2.45) is 5.92 Å². The first-order valence-corrected chi connectivity index (χ1v) is 9.78. The van der Waals surface area contributed by atoms with Crippen LogP contribution in [0.25, 0.3) is 10.6 Å². The predicted molar refractivity (Wildman–Crippen MR) is 101 cm³/mol. The molecule has 0 fully saturated rings. The lowest BCUT2D eigenvalue weighted by Gasteiger charge is -2.17. The maximum absolute atomic E-state index is 12.5. The first-order chi connectivity index (χ1) is 12.7. The Bertz CT molecular complexity index is 902. The molecule has 0 unspecified atom stereocenters. The van der Waals surface area contributed by atoms with Crippen LogP contribution in [0.3, 0.4) is 0 Å². The normalized spacial score (nSPS) is 16.3. The zero-order valence-corrected chi connectivity index (χ0v) is 15.5. The van der Waals surface area contributed by atoms with Crippen molar-refractivity contribution in [3.8, 4) is 10.6 Å². The fourth-order valence-corrected chi connectivity index (χ4v) is 4.15. The number of pyridine rings is 1. The summed E-state index contributed by atoms with van der Waals surface area (Å²) in [4.78, 5) is 21.1. The fourth-order valence-electron chi connectivity index (χ4n) is 3.29. The average Bonchev–Trinajstić information content (AvgIpc) is 3.29. The Morgan fingerprint density at radius 2 is 2.23 bits per heavy atom. The minimum atomic E-state index is -0.0961. The van der Waals surface area contributed by atoms with E-state index in [9.17, 15) is 4.79 Å². The van der Waals surface area contributed by atoms with Crippen LogP contribution in [0.1, 0.15) is 40.8 Å². The monoisotopic (exact) mass is 367 g/mol. The lowest BCUT2D eigenvalue weighted by molar-refractivity contribution is 0.0948. The molecule has 0 radical (unpaired) electrons. The van der Waals surface area contributed by atoms with Crippen LogP contribution in [0.2, 0.25) is 0 Å². The summed E-state index contributed by atoms with van der Waals surface area (Å²) in [6.07, 6.45) is 7.30. The second-order valence-electron chi connectivity index (χ2n) is 6.76. The summed E-state index contributed by atoms with van der Waals surface area (Å²) in [5, 5.41) is 13.3. The summed E-state index contributed by atoms with van der Waals surface area (Å²) < 4.78 is 0. The Hall–Kier alpha value is -2.54. The lowest BCUT2D eigenvalue weighted by Crippen LogP contribution is -2.27. The van der Waals surface area contributed by atoms with Gasteiger partial charge in [0.15, 0.2) is 5.69 Å². The van der Waals surface area contributed by atoms with Crippen molar-refractivity contribution in [1.82, 2.24) is 25.5 Å². The molecule has 1 amide bonds. The number of H-pyrrole nitrogens is 1. The van der Waals surface area contributed by atoms with E-state index in [0.717, 1.165) is 46.8 Å². The van der Waals surface area contributed by atoms with Gasteiger partial charge in [-0.15, -0.1) is 11.3 Å². The molecule has 1 aliphatic carbocycles. The summed E-state index contributed by atoms with van der Waals surface area (Å²) >= 11 is 1.61. The molecular formula is C19H21N5OS. The molecule has 0 bridgehead atoms. The van der Waals surface area contributed by atoms with Gasteiger partial charge in [0.2, 0.25) is 0 Å². The van der Waals surface area contributed by atoms with Gasteiger partial charge in [0.05, 0.1) is 5.69 Å². The number of hydrogen-bond acceptors (Lipinski definition) is 5.